The molecule has 0 radical (unpaired) electrons. The topological polar surface area (TPSA) is 102 Å². The number of carboxylic acids is 1. The van der Waals surface area contributed by atoms with Crippen LogP contribution in [-0.4, -0.2) is 30.1 Å². The number of nitrogens with one attached hydrogen (secondary N) is 1. The first-order valence-electron chi connectivity index (χ1n) is 5.47. The highest BCUT2D eigenvalue weighted by molar-refractivity contribution is 6.02. The Kier molecular flexibility index (Phi) is 4.67. The minimum atomic E-state index is -1.14. The summed E-state index contributed by atoms with van der Waals surface area (Å²) in [6.45, 7) is 1.77. The van der Waals surface area contributed by atoms with Gasteiger partial charge in [-0.1, -0.05) is 6.92 Å². The summed E-state index contributed by atoms with van der Waals surface area (Å²) in [6, 6.07) is 3.73. The van der Waals surface area contributed by atoms with Crippen LogP contribution in [0.3, 0.4) is 0 Å². The van der Waals surface area contributed by atoms with Crippen molar-refractivity contribution in [3.63, 3.8) is 0 Å². The number of rotatable bonds is 5. The number of hydrogen-bond donors (Lipinski definition) is 3. The minimum absolute atomic E-state index is 0.0361. The highest BCUT2D eigenvalue weighted by atomic mass is 16.5. The van der Waals surface area contributed by atoms with Gasteiger partial charge in [0.25, 0.3) is 0 Å². The van der Waals surface area contributed by atoms with Crippen molar-refractivity contribution in [2.24, 2.45) is 5.73 Å². The first-order valence-corrected chi connectivity index (χ1v) is 5.47. The second kappa shape index (κ2) is 6.02. The Hall–Kier alpha value is -2.08. The molecule has 1 aromatic rings. The molecule has 1 aromatic carbocycles. The van der Waals surface area contributed by atoms with E-state index in [1.54, 1.807) is 13.0 Å². The molecule has 4 N–H and O–H groups in total. The average Bonchev–Trinajstić information content (AvgIpc) is 2.37. The van der Waals surface area contributed by atoms with Gasteiger partial charge in [-0.2, -0.15) is 0 Å². The maximum atomic E-state index is 11.6. The van der Waals surface area contributed by atoms with Crippen LogP contribution in [0.1, 0.15) is 23.7 Å². The SMILES string of the molecule is CC[C@@H](N)C(=O)Nc1ccc(OC)cc1C(=O)O. The van der Waals surface area contributed by atoms with Gasteiger partial charge in [0.2, 0.25) is 5.91 Å². The first-order chi connectivity index (χ1) is 8.49. The summed E-state index contributed by atoms with van der Waals surface area (Å²) < 4.78 is 4.93. The van der Waals surface area contributed by atoms with Crippen LogP contribution in [0.5, 0.6) is 5.75 Å². The third-order valence-electron chi connectivity index (χ3n) is 2.49. The molecule has 6 heteroatoms. The number of benzene rings is 1. The van der Waals surface area contributed by atoms with Crippen molar-refractivity contribution < 1.29 is 19.4 Å². The van der Waals surface area contributed by atoms with Gasteiger partial charge in [0, 0.05) is 0 Å². The van der Waals surface area contributed by atoms with Gasteiger partial charge in [0.15, 0.2) is 0 Å². The minimum Gasteiger partial charge on any atom is -0.497 e. The molecule has 0 unspecified atom stereocenters. The molecule has 1 atom stereocenters. The summed E-state index contributed by atoms with van der Waals surface area (Å²) in [6.07, 6.45) is 0.477. The Balaban J connectivity index is 3.01. The summed E-state index contributed by atoms with van der Waals surface area (Å²) in [5, 5.41) is 11.5. The summed E-state index contributed by atoms with van der Waals surface area (Å²) in [7, 11) is 1.44. The number of carboxylic acid groups (broad SMARTS) is 1. The van der Waals surface area contributed by atoms with E-state index >= 15 is 0 Å². The van der Waals surface area contributed by atoms with E-state index in [1.165, 1.54) is 19.2 Å². The number of hydrogen-bond acceptors (Lipinski definition) is 4. The Morgan fingerprint density at radius 1 is 1.50 bits per heavy atom. The Labute approximate surface area is 105 Å². The van der Waals surface area contributed by atoms with Gasteiger partial charge in [-0.05, 0) is 24.6 Å². The van der Waals surface area contributed by atoms with Crippen LogP contribution in [0, 0.1) is 0 Å². The monoisotopic (exact) mass is 252 g/mol. The molecule has 98 valence electrons. The fourth-order valence-electron chi connectivity index (χ4n) is 1.35. The van der Waals surface area contributed by atoms with Crippen molar-refractivity contribution in [2.45, 2.75) is 19.4 Å². The zero-order valence-corrected chi connectivity index (χ0v) is 10.3. The van der Waals surface area contributed by atoms with Crippen molar-refractivity contribution in [1.82, 2.24) is 0 Å². The molecule has 0 saturated carbocycles. The molecule has 0 aliphatic rings. The molecule has 0 aliphatic heterocycles. The molecule has 6 nitrogen and oxygen atoms in total. The predicted molar refractivity (Wildman–Crippen MR) is 66.8 cm³/mol. The van der Waals surface area contributed by atoms with Crippen molar-refractivity contribution in [3.8, 4) is 5.75 Å². The van der Waals surface area contributed by atoms with E-state index in [0.717, 1.165) is 0 Å². The number of aromatic carboxylic acids is 1. The van der Waals surface area contributed by atoms with Gasteiger partial charge in [-0.15, -0.1) is 0 Å². The highest BCUT2D eigenvalue weighted by Gasteiger charge is 2.16. The van der Waals surface area contributed by atoms with Gasteiger partial charge in [-0.3, -0.25) is 4.79 Å². The van der Waals surface area contributed by atoms with Crippen LogP contribution in [0.4, 0.5) is 5.69 Å². The Bertz CT molecular complexity index is 459. The molecule has 18 heavy (non-hydrogen) atoms. The third kappa shape index (κ3) is 3.21. The third-order valence-corrected chi connectivity index (χ3v) is 2.49. The van der Waals surface area contributed by atoms with Gasteiger partial charge < -0.3 is 20.9 Å². The average molecular weight is 252 g/mol. The van der Waals surface area contributed by atoms with Crippen LogP contribution in [0.25, 0.3) is 0 Å². The molecule has 1 rings (SSSR count). The Morgan fingerprint density at radius 3 is 2.67 bits per heavy atom. The summed E-state index contributed by atoms with van der Waals surface area (Å²) >= 11 is 0. The van der Waals surface area contributed by atoms with Crippen molar-refractivity contribution in [2.75, 3.05) is 12.4 Å². The van der Waals surface area contributed by atoms with Gasteiger partial charge in [0.05, 0.1) is 24.4 Å². The van der Waals surface area contributed by atoms with E-state index in [-0.39, 0.29) is 11.3 Å². The lowest BCUT2D eigenvalue weighted by Crippen LogP contribution is -2.35. The zero-order valence-electron chi connectivity index (χ0n) is 10.3. The normalized spacial score (nSPS) is 11.7. The number of anilines is 1. The molecule has 1 amide bonds. The molecule has 0 heterocycles. The maximum absolute atomic E-state index is 11.6. The van der Waals surface area contributed by atoms with Crippen LogP contribution in [-0.2, 0) is 4.79 Å². The quantitative estimate of drug-likeness (QED) is 0.727. The highest BCUT2D eigenvalue weighted by Crippen LogP contribution is 2.22. The number of carbonyl (C=O) groups is 2. The molecular weight excluding hydrogens is 236 g/mol. The summed E-state index contributed by atoms with van der Waals surface area (Å²) in [5.41, 5.74) is 5.73. The van der Waals surface area contributed by atoms with E-state index in [9.17, 15) is 9.59 Å². The van der Waals surface area contributed by atoms with Gasteiger partial charge in [0.1, 0.15) is 5.75 Å². The molecular formula is C12H16N2O4. The molecule has 0 bridgehead atoms. The predicted octanol–water partition coefficient (Wildman–Crippen LogP) is 1.07. The second-order valence-electron chi connectivity index (χ2n) is 3.72. The van der Waals surface area contributed by atoms with Crippen LogP contribution in [0.15, 0.2) is 18.2 Å². The molecule has 0 spiro atoms. The fraction of sp³-hybridized carbons (Fsp3) is 0.333. The van der Waals surface area contributed by atoms with Crippen LogP contribution < -0.4 is 15.8 Å². The van der Waals surface area contributed by atoms with Gasteiger partial charge >= 0.3 is 5.97 Å². The fourth-order valence-corrected chi connectivity index (χ4v) is 1.35. The van der Waals surface area contributed by atoms with E-state index in [0.29, 0.717) is 12.2 Å². The summed E-state index contributed by atoms with van der Waals surface area (Å²) in [4.78, 5) is 22.7. The van der Waals surface area contributed by atoms with Crippen molar-refractivity contribution >= 4 is 17.6 Å². The number of ether oxygens (including phenoxy) is 1. The maximum Gasteiger partial charge on any atom is 0.337 e. The lowest BCUT2D eigenvalue weighted by Gasteiger charge is -2.12. The number of nitrogens with two attached hydrogens (primary N) is 1. The lowest BCUT2D eigenvalue weighted by molar-refractivity contribution is -0.117. The van der Waals surface area contributed by atoms with Crippen molar-refractivity contribution in [3.05, 3.63) is 23.8 Å². The molecule has 0 aliphatic carbocycles. The van der Waals surface area contributed by atoms with E-state index in [2.05, 4.69) is 5.32 Å². The second-order valence-corrected chi connectivity index (χ2v) is 3.72. The van der Waals surface area contributed by atoms with E-state index < -0.39 is 17.9 Å². The smallest absolute Gasteiger partial charge is 0.337 e. The van der Waals surface area contributed by atoms with Crippen molar-refractivity contribution in [1.29, 1.82) is 0 Å². The van der Waals surface area contributed by atoms with E-state index in [4.69, 9.17) is 15.6 Å². The van der Waals surface area contributed by atoms with Gasteiger partial charge in [-0.25, -0.2) is 4.79 Å². The lowest BCUT2D eigenvalue weighted by atomic mass is 10.1. The van der Waals surface area contributed by atoms with E-state index in [1.807, 2.05) is 0 Å². The number of carbonyl (C=O) groups excluding carboxylic acids is 1. The number of methoxy groups -OCH3 is 1. The Morgan fingerprint density at radius 2 is 2.17 bits per heavy atom. The standard InChI is InChI=1S/C12H16N2O4/c1-3-9(13)11(15)14-10-5-4-7(18-2)6-8(10)12(16)17/h4-6,9H,3,13H2,1-2H3,(H,14,15)(H,16,17)/t9-/m1/s1. The largest absolute Gasteiger partial charge is 0.497 e. The first kappa shape index (κ1) is 14.0. The number of amides is 1. The zero-order chi connectivity index (χ0) is 13.7. The molecule has 0 aromatic heterocycles. The molecule has 0 saturated heterocycles. The van der Waals surface area contributed by atoms with Crippen LogP contribution in [0.2, 0.25) is 0 Å². The molecule has 0 fully saturated rings. The summed E-state index contributed by atoms with van der Waals surface area (Å²) in [5.74, 6) is -1.15. The van der Waals surface area contributed by atoms with Crippen LogP contribution >= 0.6 is 0 Å².